The number of rotatable bonds is 4. The molecule has 7 rings (SSSR count). The number of carbonyl (C=O) groups excluding carboxylic acids is 1. The van der Waals surface area contributed by atoms with Gasteiger partial charge in [-0.25, -0.2) is 4.98 Å². The van der Waals surface area contributed by atoms with Gasteiger partial charge in [0, 0.05) is 11.9 Å². The van der Waals surface area contributed by atoms with Gasteiger partial charge in [-0.05, 0) is 85.0 Å². The van der Waals surface area contributed by atoms with Gasteiger partial charge in [0.25, 0.3) is 5.91 Å². The maximum Gasteiger partial charge on any atom is 0.270 e. The van der Waals surface area contributed by atoms with E-state index < -0.39 is 0 Å². The van der Waals surface area contributed by atoms with Crippen LogP contribution in [0.5, 0.6) is 0 Å². The lowest BCUT2D eigenvalue weighted by Crippen LogP contribution is -2.48. The van der Waals surface area contributed by atoms with Crippen LogP contribution in [0, 0.1) is 17.8 Å². The fourth-order valence-corrected chi connectivity index (χ4v) is 7.04. The number of nitrogens with zero attached hydrogens (tertiary/aromatic N) is 1. The summed E-state index contributed by atoms with van der Waals surface area (Å²) in [7, 11) is 0. The van der Waals surface area contributed by atoms with Crippen LogP contribution in [-0.4, -0.2) is 10.9 Å². The molecule has 1 N–H and O–H groups in total. The molecule has 4 bridgehead atoms. The molecule has 0 unspecified atom stereocenters. The van der Waals surface area contributed by atoms with E-state index in [-0.39, 0.29) is 11.3 Å². The summed E-state index contributed by atoms with van der Waals surface area (Å²) in [4.78, 5) is 17.8. The smallest absolute Gasteiger partial charge is 0.270 e. The average molecular weight is 397 g/mol. The van der Waals surface area contributed by atoms with E-state index in [9.17, 15) is 4.79 Å². The van der Waals surface area contributed by atoms with E-state index in [4.69, 9.17) is 4.98 Å². The molecule has 152 valence electrons. The Morgan fingerprint density at radius 2 is 1.53 bits per heavy atom. The lowest BCUT2D eigenvalue weighted by atomic mass is 9.48. The van der Waals surface area contributed by atoms with Gasteiger partial charge in [-0.15, -0.1) is 0 Å². The van der Waals surface area contributed by atoms with Crippen molar-refractivity contribution >= 4 is 16.8 Å². The van der Waals surface area contributed by atoms with Crippen LogP contribution in [-0.2, 0) is 12.0 Å². The van der Waals surface area contributed by atoms with Crippen molar-refractivity contribution in [2.24, 2.45) is 17.8 Å². The molecule has 3 nitrogen and oxygen atoms in total. The van der Waals surface area contributed by atoms with E-state index >= 15 is 0 Å². The second-order valence-electron chi connectivity index (χ2n) is 9.94. The average Bonchev–Trinajstić information content (AvgIpc) is 2.76. The van der Waals surface area contributed by atoms with Gasteiger partial charge in [-0.1, -0.05) is 48.5 Å². The van der Waals surface area contributed by atoms with Gasteiger partial charge in [0.1, 0.15) is 5.69 Å². The second kappa shape index (κ2) is 6.94. The van der Waals surface area contributed by atoms with Crippen molar-refractivity contribution in [1.82, 2.24) is 10.3 Å². The van der Waals surface area contributed by atoms with E-state index in [1.807, 2.05) is 36.4 Å². The zero-order valence-electron chi connectivity index (χ0n) is 17.3. The molecule has 4 fully saturated rings. The molecule has 0 spiro atoms. The minimum atomic E-state index is -0.0735. The number of benzene rings is 2. The summed E-state index contributed by atoms with van der Waals surface area (Å²) in [5.41, 5.74) is 4.25. The van der Waals surface area contributed by atoms with Gasteiger partial charge in [-0.2, -0.15) is 0 Å². The first-order chi connectivity index (χ1) is 14.7. The quantitative estimate of drug-likeness (QED) is 0.621. The van der Waals surface area contributed by atoms with Gasteiger partial charge in [0.05, 0.1) is 5.52 Å². The number of para-hydroxylation sites is 1. The topological polar surface area (TPSA) is 42.0 Å². The van der Waals surface area contributed by atoms with Crippen molar-refractivity contribution in [3.63, 3.8) is 0 Å². The molecule has 1 heterocycles. The number of amides is 1. The van der Waals surface area contributed by atoms with E-state index in [0.717, 1.165) is 28.8 Å². The lowest BCUT2D eigenvalue weighted by molar-refractivity contribution is -0.00453. The summed E-state index contributed by atoms with van der Waals surface area (Å²) in [5, 5.41) is 4.33. The van der Waals surface area contributed by atoms with Crippen LogP contribution in [0.4, 0.5) is 0 Å². The van der Waals surface area contributed by atoms with E-state index in [2.05, 4.69) is 29.6 Å². The number of carbonyl (C=O) groups is 1. The SMILES string of the molecule is O=C(NCc1ccccc1)c1cc(C23CC4CC(CC(C4)C2)C3)c2ccccc2n1. The predicted molar refractivity (Wildman–Crippen MR) is 119 cm³/mol. The minimum Gasteiger partial charge on any atom is -0.347 e. The molecule has 3 aromatic rings. The molecule has 4 saturated carbocycles. The summed E-state index contributed by atoms with van der Waals surface area (Å²) >= 11 is 0. The van der Waals surface area contributed by atoms with Crippen LogP contribution in [0.1, 0.15) is 60.1 Å². The zero-order valence-corrected chi connectivity index (χ0v) is 17.3. The van der Waals surface area contributed by atoms with Crippen LogP contribution in [0.15, 0.2) is 60.7 Å². The highest BCUT2D eigenvalue weighted by Crippen LogP contribution is 2.61. The van der Waals surface area contributed by atoms with Crippen molar-refractivity contribution in [2.45, 2.75) is 50.5 Å². The summed E-state index contributed by atoms with van der Waals surface area (Å²) in [6, 6.07) is 20.6. The number of pyridine rings is 1. The summed E-state index contributed by atoms with van der Waals surface area (Å²) in [5.74, 6) is 2.55. The molecule has 0 aliphatic heterocycles. The van der Waals surface area contributed by atoms with Gasteiger partial charge >= 0.3 is 0 Å². The Morgan fingerprint density at radius 3 is 2.23 bits per heavy atom. The summed E-state index contributed by atoms with van der Waals surface area (Å²) in [6.07, 6.45) is 8.14. The zero-order chi connectivity index (χ0) is 20.1. The van der Waals surface area contributed by atoms with Crippen molar-refractivity contribution in [2.75, 3.05) is 0 Å². The standard InChI is InChI=1S/C27H28N2O/c30-26(28-17-18-6-2-1-3-7-18)25-13-23(22-8-4-5-9-24(22)29-25)27-14-19-10-20(15-27)12-21(11-19)16-27/h1-9,13,19-21H,10-12,14-17H2,(H,28,30). The largest absolute Gasteiger partial charge is 0.347 e. The van der Waals surface area contributed by atoms with Crippen LogP contribution in [0.25, 0.3) is 10.9 Å². The second-order valence-corrected chi connectivity index (χ2v) is 9.94. The van der Waals surface area contributed by atoms with Crippen molar-refractivity contribution in [3.8, 4) is 0 Å². The third-order valence-electron chi connectivity index (χ3n) is 7.85. The molecule has 1 amide bonds. The molecule has 3 heteroatoms. The highest BCUT2D eigenvalue weighted by atomic mass is 16.1. The molecule has 4 aliphatic carbocycles. The first-order valence-corrected chi connectivity index (χ1v) is 11.4. The molecule has 30 heavy (non-hydrogen) atoms. The van der Waals surface area contributed by atoms with Crippen LogP contribution >= 0.6 is 0 Å². The number of hydrogen-bond donors (Lipinski definition) is 1. The maximum absolute atomic E-state index is 13.1. The fraction of sp³-hybridized carbons (Fsp3) is 0.407. The monoisotopic (exact) mass is 396 g/mol. The summed E-state index contributed by atoms with van der Waals surface area (Å²) < 4.78 is 0. The first-order valence-electron chi connectivity index (χ1n) is 11.4. The number of aromatic nitrogens is 1. The van der Waals surface area contributed by atoms with Crippen molar-refractivity contribution < 1.29 is 4.79 Å². The molecular formula is C27H28N2O. The minimum absolute atomic E-state index is 0.0735. The Kier molecular flexibility index (Phi) is 4.19. The Balaban J connectivity index is 1.38. The molecule has 1 aromatic heterocycles. The molecule has 2 aromatic carbocycles. The normalized spacial score (nSPS) is 29.3. The first kappa shape index (κ1) is 18.1. The molecule has 0 saturated heterocycles. The number of nitrogens with one attached hydrogen (secondary N) is 1. The van der Waals surface area contributed by atoms with Gasteiger partial charge in [0.2, 0.25) is 0 Å². The predicted octanol–water partition coefficient (Wildman–Crippen LogP) is 5.63. The van der Waals surface area contributed by atoms with E-state index in [0.29, 0.717) is 12.2 Å². The maximum atomic E-state index is 13.1. The highest BCUT2D eigenvalue weighted by molar-refractivity contribution is 5.96. The summed E-state index contributed by atoms with van der Waals surface area (Å²) in [6.45, 7) is 0.529. The van der Waals surface area contributed by atoms with Gasteiger partial charge in [0.15, 0.2) is 0 Å². The van der Waals surface area contributed by atoms with Crippen LogP contribution < -0.4 is 5.32 Å². The Labute approximate surface area is 177 Å². The van der Waals surface area contributed by atoms with Gasteiger partial charge < -0.3 is 5.32 Å². The Morgan fingerprint density at radius 1 is 0.900 bits per heavy atom. The molecule has 4 aliphatic rings. The van der Waals surface area contributed by atoms with Crippen LogP contribution in [0.2, 0.25) is 0 Å². The molecule has 0 radical (unpaired) electrons. The van der Waals surface area contributed by atoms with Gasteiger partial charge in [-0.3, -0.25) is 4.79 Å². The Hall–Kier alpha value is -2.68. The highest BCUT2D eigenvalue weighted by Gasteiger charge is 2.52. The van der Waals surface area contributed by atoms with Crippen molar-refractivity contribution in [1.29, 1.82) is 0 Å². The lowest BCUT2D eigenvalue weighted by Gasteiger charge is -2.57. The van der Waals surface area contributed by atoms with E-state index in [1.54, 1.807) is 0 Å². The van der Waals surface area contributed by atoms with E-state index in [1.165, 1.54) is 49.5 Å². The third-order valence-corrected chi connectivity index (χ3v) is 7.85. The third kappa shape index (κ3) is 3.03. The van der Waals surface area contributed by atoms with Crippen LogP contribution in [0.3, 0.4) is 0 Å². The number of fused-ring (bicyclic) bond motifs is 1. The van der Waals surface area contributed by atoms with Crippen molar-refractivity contribution in [3.05, 3.63) is 77.5 Å². The molecule has 0 atom stereocenters. The Bertz CT molecular complexity index is 1070. The number of hydrogen-bond acceptors (Lipinski definition) is 2. The fourth-order valence-electron chi connectivity index (χ4n) is 7.04. The molecular weight excluding hydrogens is 368 g/mol.